The minimum Gasteiger partial charge on any atom is -0.487 e. The van der Waals surface area contributed by atoms with Crippen molar-refractivity contribution in [2.24, 2.45) is 0 Å². The Kier molecular flexibility index (Phi) is 6.34. The third-order valence-electron chi connectivity index (χ3n) is 2.30. The molecule has 0 aliphatic rings. The van der Waals surface area contributed by atoms with Crippen LogP contribution in [0.4, 0.5) is 0 Å². The lowest BCUT2D eigenvalue weighted by Crippen LogP contribution is -2.18. The van der Waals surface area contributed by atoms with Crippen LogP contribution in [-0.2, 0) is 11.3 Å². The number of methoxy groups -OCH3 is 1. The van der Waals surface area contributed by atoms with E-state index in [1.165, 1.54) is 0 Å². The summed E-state index contributed by atoms with van der Waals surface area (Å²) in [5.41, 5.74) is 1.16. The topological polar surface area (TPSA) is 30.5 Å². The van der Waals surface area contributed by atoms with Crippen molar-refractivity contribution in [2.75, 3.05) is 20.3 Å². The monoisotopic (exact) mass is 257 g/mol. The van der Waals surface area contributed by atoms with Gasteiger partial charge in [-0.1, -0.05) is 24.6 Å². The maximum atomic E-state index is 6.16. The molecule has 1 atom stereocenters. The van der Waals surface area contributed by atoms with Gasteiger partial charge in [0.1, 0.15) is 11.9 Å². The predicted molar refractivity (Wildman–Crippen MR) is 70.8 cm³/mol. The molecule has 0 bridgehead atoms. The molecule has 0 saturated heterocycles. The fourth-order valence-corrected chi connectivity index (χ4v) is 1.75. The van der Waals surface area contributed by atoms with Crippen LogP contribution in [0.2, 0.25) is 5.02 Å². The molecule has 1 aromatic rings. The summed E-state index contributed by atoms with van der Waals surface area (Å²) in [5.74, 6) is 0.705. The zero-order valence-electron chi connectivity index (χ0n) is 10.6. The molecule has 1 N–H and O–H groups in total. The van der Waals surface area contributed by atoms with E-state index in [9.17, 15) is 0 Å². The van der Waals surface area contributed by atoms with Gasteiger partial charge >= 0.3 is 0 Å². The van der Waals surface area contributed by atoms with E-state index in [1.54, 1.807) is 7.11 Å². The molecule has 0 radical (unpaired) electrons. The fourth-order valence-electron chi connectivity index (χ4n) is 1.50. The third kappa shape index (κ3) is 4.94. The van der Waals surface area contributed by atoms with Gasteiger partial charge in [-0.25, -0.2) is 0 Å². The number of rotatable bonds is 7. The van der Waals surface area contributed by atoms with Crippen LogP contribution in [0.3, 0.4) is 0 Å². The molecule has 4 heteroatoms. The highest BCUT2D eigenvalue weighted by molar-refractivity contribution is 6.32. The first-order valence-corrected chi connectivity index (χ1v) is 6.20. The van der Waals surface area contributed by atoms with Gasteiger partial charge in [0.15, 0.2) is 0 Å². The third-order valence-corrected chi connectivity index (χ3v) is 2.60. The van der Waals surface area contributed by atoms with Gasteiger partial charge in [-0.3, -0.25) is 0 Å². The first kappa shape index (κ1) is 14.3. The lowest BCUT2D eigenvalue weighted by molar-refractivity contribution is 0.0921. The number of halogens is 1. The van der Waals surface area contributed by atoms with Crippen molar-refractivity contribution in [1.29, 1.82) is 0 Å². The summed E-state index contributed by atoms with van der Waals surface area (Å²) in [5, 5.41) is 3.89. The van der Waals surface area contributed by atoms with Gasteiger partial charge in [-0.15, -0.1) is 0 Å². The van der Waals surface area contributed by atoms with Gasteiger partial charge in [0.2, 0.25) is 0 Å². The molecule has 3 nitrogen and oxygen atoms in total. The SMILES string of the molecule is CCNCc1ccc(OC(C)COC)c(Cl)c1. The molecule has 0 aliphatic carbocycles. The normalized spacial score (nSPS) is 12.5. The number of hydrogen-bond acceptors (Lipinski definition) is 3. The highest BCUT2D eigenvalue weighted by atomic mass is 35.5. The van der Waals surface area contributed by atoms with Gasteiger partial charge in [-0.2, -0.15) is 0 Å². The van der Waals surface area contributed by atoms with Crippen LogP contribution >= 0.6 is 11.6 Å². The summed E-state index contributed by atoms with van der Waals surface area (Å²) in [7, 11) is 1.65. The average Bonchev–Trinajstić information content (AvgIpc) is 2.30. The molecule has 0 fully saturated rings. The molecule has 1 unspecified atom stereocenters. The molecule has 0 aliphatic heterocycles. The van der Waals surface area contributed by atoms with Crippen molar-refractivity contribution in [3.05, 3.63) is 28.8 Å². The van der Waals surface area contributed by atoms with Crippen LogP contribution in [0.25, 0.3) is 0 Å². The Labute approximate surface area is 108 Å². The van der Waals surface area contributed by atoms with Crippen LogP contribution in [0, 0.1) is 0 Å². The molecule has 0 aromatic heterocycles. The van der Waals surface area contributed by atoms with Crippen LogP contribution in [0.1, 0.15) is 19.4 Å². The van der Waals surface area contributed by atoms with Gasteiger partial charge in [-0.05, 0) is 31.2 Å². The molecule has 1 rings (SSSR count). The van der Waals surface area contributed by atoms with Crippen LogP contribution in [0.5, 0.6) is 5.75 Å². The Bertz CT molecular complexity index is 344. The van der Waals surface area contributed by atoms with Crippen molar-refractivity contribution in [2.45, 2.75) is 26.5 Å². The maximum absolute atomic E-state index is 6.16. The molecule has 0 spiro atoms. The zero-order chi connectivity index (χ0) is 12.7. The maximum Gasteiger partial charge on any atom is 0.138 e. The Morgan fingerprint density at radius 2 is 2.18 bits per heavy atom. The van der Waals surface area contributed by atoms with Gasteiger partial charge in [0, 0.05) is 13.7 Å². The van der Waals surface area contributed by atoms with E-state index < -0.39 is 0 Å². The Balaban J connectivity index is 2.62. The highest BCUT2D eigenvalue weighted by Gasteiger charge is 2.07. The minimum absolute atomic E-state index is 0.00267. The van der Waals surface area contributed by atoms with Crippen LogP contribution < -0.4 is 10.1 Å². The van der Waals surface area contributed by atoms with E-state index in [1.807, 2.05) is 25.1 Å². The minimum atomic E-state index is -0.00267. The van der Waals surface area contributed by atoms with Crippen molar-refractivity contribution in [3.8, 4) is 5.75 Å². The molecule has 1 aromatic carbocycles. The standard InChI is InChI=1S/C13H20ClNO2/c1-4-15-8-11-5-6-13(12(14)7-11)17-10(2)9-16-3/h5-7,10,15H,4,8-9H2,1-3H3. The molecule has 17 heavy (non-hydrogen) atoms. The molecule has 0 saturated carbocycles. The summed E-state index contributed by atoms with van der Waals surface area (Å²) in [6.07, 6.45) is -0.00267. The molecule has 0 heterocycles. The second-order valence-electron chi connectivity index (χ2n) is 3.93. The van der Waals surface area contributed by atoms with Gasteiger partial charge in [0.25, 0.3) is 0 Å². The van der Waals surface area contributed by atoms with Crippen molar-refractivity contribution in [3.63, 3.8) is 0 Å². The van der Waals surface area contributed by atoms with Crippen molar-refractivity contribution < 1.29 is 9.47 Å². The highest BCUT2D eigenvalue weighted by Crippen LogP contribution is 2.26. The molecular formula is C13H20ClNO2. The molecular weight excluding hydrogens is 238 g/mol. The van der Waals surface area contributed by atoms with Gasteiger partial charge in [0.05, 0.1) is 11.6 Å². The molecule has 0 amide bonds. The Morgan fingerprint density at radius 3 is 2.76 bits per heavy atom. The van der Waals surface area contributed by atoms with E-state index >= 15 is 0 Å². The number of ether oxygens (including phenoxy) is 2. The number of hydrogen-bond donors (Lipinski definition) is 1. The van der Waals surface area contributed by atoms with Gasteiger partial charge < -0.3 is 14.8 Å². The summed E-state index contributed by atoms with van der Waals surface area (Å²) in [6.45, 7) is 6.35. The Hall–Kier alpha value is -0.770. The quantitative estimate of drug-likeness (QED) is 0.815. The van der Waals surface area contributed by atoms with E-state index in [-0.39, 0.29) is 6.10 Å². The van der Waals surface area contributed by atoms with Crippen LogP contribution in [0.15, 0.2) is 18.2 Å². The van der Waals surface area contributed by atoms with E-state index in [0.29, 0.717) is 17.4 Å². The van der Waals surface area contributed by atoms with E-state index in [4.69, 9.17) is 21.1 Å². The first-order valence-electron chi connectivity index (χ1n) is 5.82. The number of benzene rings is 1. The van der Waals surface area contributed by atoms with Crippen molar-refractivity contribution >= 4 is 11.6 Å². The summed E-state index contributed by atoms with van der Waals surface area (Å²) in [6, 6.07) is 5.85. The van der Waals surface area contributed by atoms with Crippen LogP contribution in [-0.4, -0.2) is 26.4 Å². The summed E-state index contributed by atoms with van der Waals surface area (Å²) >= 11 is 6.16. The lowest BCUT2D eigenvalue weighted by Gasteiger charge is -2.15. The summed E-state index contributed by atoms with van der Waals surface area (Å²) < 4.78 is 10.7. The molecule has 96 valence electrons. The second-order valence-corrected chi connectivity index (χ2v) is 4.34. The second kappa shape index (κ2) is 7.54. The lowest BCUT2D eigenvalue weighted by atomic mass is 10.2. The largest absolute Gasteiger partial charge is 0.487 e. The predicted octanol–water partition coefficient (Wildman–Crippen LogP) is 2.86. The number of nitrogens with one attached hydrogen (secondary N) is 1. The fraction of sp³-hybridized carbons (Fsp3) is 0.538. The summed E-state index contributed by atoms with van der Waals surface area (Å²) in [4.78, 5) is 0. The average molecular weight is 258 g/mol. The van der Waals surface area contributed by atoms with Crippen molar-refractivity contribution in [1.82, 2.24) is 5.32 Å². The first-order chi connectivity index (χ1) is 8.17. The smallest absolute Gasteiger partial charge is 0.138 e. The zero-order valence-corrected chi connectivity index (χ0v) is 11.4. The van der Waals surface area contributed by atoms with E-state index in [2.05, 4.69) is 12.2 Å². The Morgan fingerprint density at radius 1 is 1.41 bits per heavy atom. The van der Waals surface area contributed by atoms with E-state index in [0.717, 1.165) is 18.7 Å².